The second kappa shape index (κ2) is 7.84. The van der Waals surface area contributed by atoms with Crippen LogP contribution >= 0.6 is 0 Å². The van der Waals surface area contributed by atoms with Crippen LogP contribution in [0.1, 0.15) is 26.7 Å². The molecule has 0 fully saturated rings. The Morgan fingerprint density at radius 2 is 2.18 bits per heavy atom. The lowest BCUT2D eigenvalue weighted by Crippen LogP contribution is -2.18. The van der Waals surface area contributed by atoms with Gasteiger partial charge in [-0.25, -0.2) is 4.68 Å². The lowest BCUT2D eigenvalue weighted by molar-refractivity contribution is 0.270. The van der Waals surface area contributed by atoms with E-state index >= 15 is 0 Å². The molecule has 1 atom stereocenters. The Bertz CT molecular complexity index is 595. The Balaban J connectivity index is 2.28. The van der Waals surface area contributed by atoms with E-state index in [1.54, 1.807) is 7.11 Å². The highest BCUT2D eigenvalue weighted by Gasteiger charge is 2.12. The van der Waals surface area contributed by atoms with Gasteiger partial charge in [0.25, 0.3) is 0 Å². The van der Waals surface area contributed by atoms with Crippen LogP contribution in [0.3, 0.4) is 0 Å². The van der Waals surface area contributed by atoms with Crippen LogP contribution in [-0.4, -0.2) is 34.6 Å². The molecule has 2 rings (SSSR count). The summed E-state index contributed by atoms with van der Waals surface area (Å²) in [6.07, 6.45) is 2.23. The molecule has 1 unspecified atom stereocenters. The number of aliphatic hydroxyl groups excluding tert-OH is 1. The van der Waals surface area contributed by atoms with Gasteiger partial charge in [-0.3, -0.25) is 0 Å². The molecular weight excluding hydrogens is 278 g/mol. The van der Waals surface area contributed by atoms with Gasteiger partial charge in [-0.2, -0.15) is 5.10 Å². The summed E-state index contributed by atoms with van der Waals surface area (Å²) in [7, 11) is 1.66. The molecule has 1 aromatic heterocycles. The number of anilines is 1. The van der Waals surface area contributed by atoms with Crippen LogP contribution in [0.25, 0.3) is 11.3 Å². The Morgan fingerprint density at radius 3 is 2.86 bits per heavy atom. The molecule has 5 nitrogen and oxygen atoms in total. The average Bonchev–Trinajstić information content (AvgIpc) is 2.91. The normalized spacial score (nSPS) is 12.2. The second-order valence-electron chi connectivity index (χ2n) is 5.43. The quantitative estimate of drug-likeness (QED) is 0.786. The highest BCUT2D eigenvalue weighted by molar-refractivity contribution is 5.64. The molecule has 120 valence electrons. The van der Waals surface area contributed by atoms with Crippen molar-refractivity contribution in [3.8, 4) is 17.0 Å². The third kappa shape index (κ3) is 4.01. The van der Waals surface area contributed by atoms with E-state index in [9.17, 15) is 5.11 Å². The lowest BCUT2D eigenvalue weighted by Gasteiger charge is -2.14. The monoisotopic (exact) mass is 303 g/mol. The number of aliphatic hydroxyl groups is 1. The molecule has 1 heterocycles. The van der Waals surface area contributed by atoms with Gasteiger partial charge < -0.3 is 15.2 Å². The van der Waals surface area contributed by atoms with Crippen LogP contribution in [0.4, 0.5) is 5.82 Å². The number of hydrogen-bond acceptors (Lipinski definition) is 4. The summed E-state index contributed by atoms with van der Waals surface area (Å²) in [5.41, 5.74) is 1.88. The first-order valence-corrected chi connectivity index (χ1v) is 7.77. The maximum atomic E-state index is 9.24. The summed E-state index contributed by atoms with van der Waals surface area (Å²) in [5, 5.41) is 17.3. The van der Waals surface area contributed by atoms with Crippen molar-refractivity contribution in [3.63, 3.8) is 0 Å². The third-order valence-corrected chi connectivity index (χ3v) is 3.57. The number of nitrogens with one attached hydrogen (secondary N) is 1. The topological polar surface area (TPSA) is 59.3 Å². The first kappa shape index (κ1) is 16.4. The van der Waals surface area contributed by atoms with Gasteiger partial charge in [0.2, 0.25) is 0 Å². The molecule has 0 saturated heterocycles. The fourth-order valence-corrected chi connectivity index (χ4v) is 2.48. The van der Waals surface area contributed by atoms with Crippen molar-refractivity contribution in [3.05, 3.63) is 30.3 Å². The molecule has 0 saturated carbocycles. The van der Waals surface area contributed by atoms with Crippen LogP contribution in [0, 0.1) is 0 Å². The Morgan fingerprint density at radius 1 is 1.36 bits per heavy atom. The predicted octanol–water partition coefficient (Wildman–Crippen LogP) is 3.15. The number of benzene rings is 1. The summed E-state index contributed by atoms with van der Waals surface area (Å²) in [6.45, 7) is 4.87. The number of nitrogens with zero attached hydrogens (tertiary/aromatic N) is 2. The minimum absolute atomic E-state index is 0.0655. The fraction of sp³-hybridized carbons (Fsp3) is 0.471. The largest absolute Gasteiger partial charge is 0.497 e. The fourth-order valence-electron chi connectivity index (χ4n) is 2.48. The van der Waals surface area contributed by atoms with E-state index in [1.165, 1.54) is 0 Å². The Labute approximate surface area is 131 Å². The number of hydrogen-bond donors (Lipinski definition) is 2. The standard InChI is InChI=1S/C17H25N3O2/c1-4-6-13(2)18-17-12-16(19-20(17)9-10-21)14-7-5-8-15(11-14)22-3/h5,7-8,11-13,18,21H,4,6,9-10H2,1-3H3. The molecule has 1 aromatic carbocycles. The van der Waals surface area contributed by atoms with Gasteiger partial charge in [0.15, 0.2) is 0 Å². The van der Waals surface area contributed by atoms with E-state index in [2.05, 4.69) is 24.3 Å². The first-order valence-electron chi connectivity index (χ1n) is 7.77. The van der Waals surface area contributed by atoms with E-state index in [-0.39, 0.29) is 6.61 Å². The van der Waals surface area contributed by atoms with Gasteiger partial charge in [-0.1, -0.05) is 25.5 Å². The average molecular weight is 303 g/mol. The number of aromatic nitrogens is 2. The molecule has 0 aliphatic heterocycles. The maximum absolute atomic E-state index is 9.24. The van der Waals surface area contributed by atoms with Crippen molar-refractivity contribution in [1.29, 1.82) is 0 Å². The van der Waals surface area contributed by atoms with Gasteiger partial charge in [-0.05, 0) is 25.5 Å². The Kier molecular flexibility index (Phi) is 5.83. The molecule has 0 aliphatic rings. The molecule has 22 heavy (non-hydrogen) atoms. The van der Waals surface area contributed by atoms with Crippen molar-refractivity contribution in [2.45, 2.75) is 39.3 Å². The van der Waals surface area contributed by atoms with Gasteiger partial charge in [0.05, 0.1) is 26.0 Å². The Hall–Kier alpha value is -2.01. The minimum atomic E-state index is 0.0655. The molecule has 0 spiro atoms. The third-order valence-electron chi connectivity index (χ3n) is 3.57. The molecule has 0 aliphatic carbocycles. The first-order chi connectivity index (χ1) is 10.7. The predicted molar refractivity (Wildman–Crippen MR) is 89.3 cm³/mol. The van der Waals surface area contributed by atoms with Crippen LogP contribution < -0.4 is 10.1 Å². The molecular formula is C17H25N3O2. The molecule has 0 bridgehead atoms. The zero-order chi connectivity index (χ0) is 15.9. The van der Waals surface area contributed by atoms with Crippen LogP contribution in [0.2, 0.25) is 0 Å². The highest BCUT2D eigenvalue weighted by atomic mass is 16.5. The summed E-state index contributed by atoms with van der Waals surface area (Å²) in [4.78, 5) is 0. The number of methoxy groups -OCH3 is 1. The van der Waals surface area contributed by atoms with Crippen molar-refractivity contribution in [2.75, 3.05) is 19.0 Å². The number of ether oxygens (including phenoxy) is 1. The summed E-state index contributed by atoms with van der Waals surface area (Å²) in [5.74, 6) is 1.75. The highest BCUT2D eigenvalue weighted by Crippen LogP contribution is 2.26. The molecule has 2 N–H and O–H groups in total. The SMILES string of the molecule is CCCC(C)Nc1cc(-c2cccc(OC)c2)nn1CCO. The molecule has 0 amide bonds. The van der Waals surface area contributed by atoms with E-state index in [0.29, 0.717) is 12.6 Å². The summed E-state index contributed by atoms with van der Waals surface area (Å²) < 4.78 is 7.09. The van der Waals surface area contributed by atoms with Crippen molar-refractivity contribution in [1.82, 2.24) is 9.78 Å². The summed E-state index contributed by atoms with van der Waals surface area (Å²) in [6, 6.07) is 10.2. The van der Waals surface area contributed by atoms with E-state index in [0.717, 1.165) is 35.7 Å². The zero-order valence-corrected chi connectivity index (χ0v) is 13.5. The van der Waals surface area contributed by atoms with Gasteiger partial charge in [0.1, 0.15) is 11.6 Å². The van der Waals surface area contributed by atoms with Crippen molar-refractivity contribution >= 4 is 5.82 Å². The summed E-state index contributed by atoms with van der Waals surface area (Å²) >= 11 is 0. The molecule has 0 radical (unpaired) electrons. The lowest BCUT2D eigenvalue weighted by atomic mass is 10.1. The van der Waals surface area contributed by atoms with Crippen LogP contribution in [-0.2, 0) is 6.54 Å². The minimum Gasteiger partial charge on any atom is -0.497 e. The van der Waals surface area contributed by atoms with Gasteiger partial charge in [-0.15, -0.1) is 0 Å². The molecule has 2 aromatic rings. The van der Waals surface area contributed by atoms with Crippen molar-refractivity contribution < 1.29 is 9.84 Å². The van der Waals surface area contributed by atoms with Gasteiger partial charge >= 0.3 is 0 Å². The van der Waals surface area contributed by atoms with Crippen LogP contribution in [0.15, 0.2) is 30.3 Å². The van der Waals surface area contributed by atoms with Gasteiger partial charge in [0, 0.05) is 17.7 Å². The van der Waals surface area contributed by atoms with E-state index in [1.807, 2.05) is 35.0 Å². The smallest absolute Gasteiger partial charge is 0.125 e. The van der Waals surface area contributed by atoms with E-state index < -0.39 is 0 Å². The molecule has 5 heteroatoms. The number of rotatable bonds is 8. The van der Waals surface area contributed by atoms with E-state index in [4.69, 9.17) is 4.74 Å². The van der Waals surface area contributed by atoms with Crippen molar-refractivity contribution in [2.24, 2.45) is 0 Å². The van der Waals surface area contributed by atoms with Crippen LogP contribution in [0.5, 0.6) is 5.75 Å². The second-order valence-corrected chi connectivity index (χ2v) is 5.43. The zero-order valence-electron chi connectivity index (χ0n) is 13.5. The maximum Gasteiger partial charge on any atom is 0.125 e.